The Morgan fingerprint density at radius 2 is 2.20 bits per heavy atom. The molecular formula is C16H23ClN2O. The summed E-state index contributed by atoms with van der Waals surface area (Å²) in [6.45, 7) is 5.09. The Hall–Kier alpha value is -1.22. The fraction of sp³-hybridized carbons (Fsp3) is 0.562. The number of amides is 1. The van der Waals surface area contributed by atoms with Gasteiger partial charge in [-0.2, -0.15) is 0 Å². The zero-order chi connectivity index (χ0) is 13.2. The molecule has 0 aromatic heterocycles. The largest absolute Gasteiger partial charge is 0.385 e. The summed E-state index contributed by atoms with van der Waals surface area (Å²) >= 11 is 0. The van der Waals surface area contributed by atoms with Crippen LogP contribution in [-0.4, -0.2) is 30.4 Å². The lowest BCUT2D eigenvalue weighted by molar-refractivity contribution is 0.0682. The molecule has 4 heteroatoms. The molecule has 0 aliphatic carbocycles. The molecule has 0 radical (unpaired) electrons. The molecule has 2 aliphatic heterocycles. The van der Waals surface area contributed by atoms with Crippen LogP contribution >= 0.6 is 12.4 Å². The smallest absolute Gasteiger partial charge is 0.254 e. The molecule has 0 bridgehead atoms. The topological polar surface area (TPSA) is 32.3 Å². The number of rotatable bonds is 1. The molecule has 1 aromatic carbocycles. The number of halogens is 1. The van der Waals surface area contributed by atoms with E-state index in [1.165, 1.54) is 12.0 Å². The maximum Gasteiger partial charge on any atom is 0.254 e. The number of nitrogens with one attached hydrogen (secondary N) is 1. The van der Waals surface area contributed by atoms with Gasteiger partial charge in [0.15, 0.2) is 0 Å². The molecule has 20 heavy (non-hydrogen) atoms. The first-order chi connectivity index (χ1) is 9.25. The normalized spacial score (nSPS) is 21.4. The van der Waals surface area contributed by atoms with E-state index in [1.807, 2.05) is 17.0 Å². The van der Waals surface area contributed by atoms with E-state index < -0.39 is 0 Å². The van der Waals surface area contributed by atoms with Crippen LogP contribution in [0.4, 0.5) is 5.69 Å². The summed E-state index contributed by atoms with van der Waals surface area (Å²) in [5.41, 5.74) is 3.29. The molecule has 1 N–H and O–H groups in total. The van der Waals surface area contributed by atoms with Gasteiger partial charge in [0, 0.05) is 30.9 Å². The summed E-state index contributed by atoms with van der Waals surface area (Å²) in [5.74, 6) is 0.863. The molecule has 1 amide bonds. The Morgan fingerprint density at radius 3 is 3.00 bits per heavy atom. The van der Waals surface area contributed by atoms with Gasteiger partial charge in [-0.1, -0.05) is 13.0 Å². The third-order valence-electron chi connectivity index (χ3n) is 4.27. The molecule has 1 atom stereocenters. The monoisotopic (exact) mass is 294 g/mol. The van der Waals surface area contributed by atoms with Gasteiger partial charge >= 0.3 is 0 Å². The summed E-state index contributed by atoms with van der Waals surface area (Å²) < 4.78 is 0. The van der Waals surface area contributed by atoms with Crippen LogP contribution in [0.15, 0.2) is 18.2 Å². The Kier molecular flexibility index (Phi) is 4.92. The number of benzene rings is 1. The van der Waals surface area contributed by atoms with Crippen LogP contribution in [0.2, 0.25) is 0 Å². The van der Waals surface area contributed by atoms with E-state index in [-0.39, 0.29) is 18.3 Å². The summed E-state index contributed by atoms with van der Waals surface area (Å²) in [5, 5.41) is 3.40. The van der Waals surface area contributed by atoms with Gasteiger partial charge in [-0.3, -0.25) is 4.79 Å². The summed E-state index contributed by atoms with van der Waals surface area (Å²) in [7, 11) is 0. The number of piperidine rings is 1. The lowest BCUT2D eigenvalue weighted by Crippen LogP contribution is -2.39. The molecule has 1 saturated heterocycles. The first-order valence-corrected chi connectivity index (χ1v) is 7.41. The number of hydrogen-bond acceptors (Lipinski definition) is 2. The predicted octanol–water partition coefficient (Wildman–Crippen LogP) is 3.34. The third-order valence-corrected chi connectivity index (χ3v) is 4.27. The average molecular weight is 295 g/mol. The fourth-order valence-corrected chi connectivity index (χ4v) is 3.25. The second-order valence-electron chi connectivity index (χ2n) is 5.86. The van der Waals surface area contributed by atoms with E-state index in [0.29, 0.717) is 5.92 Å². The molecular weight excluding hydrogens is 272 g/mol. The van der Waals surface area contributed by atoms with Gasteiger partial charge in [0.1, 0.15) is 0 Å². The van der Waals surface area contributed by atoms with Crippen molar-refractivity contribution in [3.8, 4) is 0 Å². The highest BCUT2D eigenvalue weighted by Crippen LogP contribution is 2.27. The minimum Gasteiger partial charge on any atom is -0.385 e. The molecule has 0 saturated carbocycles. The number of fused-ring (bicyclic) bond motifs is 1. The SMILES string of the molecule is CC1CCCN(C(=O)c2cccc3c2CCCN3)C1.Cl. The lowest BCUT2D eigenvalue weighted by Gasteiger charge is -2.32. The van der Waals surface area contributed by atoms with Gasteiger partial charge < -0.3 is 10.2 Å². The van der Waals surface area contributed by atoms with Crippen LogP contribution in [0.5, 0.6) is 0 Å². The molecule has 2 aliphatic rings. The quantitative estimate of drug-likeness (QED) is 0.861. The second-order valence-corrected chi connectivity index (χ2v) is 5.86. The van der Waals surface area contributed by atoms with Crippen molar-refractivity contribution < 1.29 is 4.79 Å². The minimum absolute atomic E-state index is 0. The lowest BCUT2D eigenvalue weighted by atomic mass is 9.95. The maximum absolute atomic E-state index is 12.7. The minimum atomic E-state index is 0. The summed E-state index contributed by atoms with van der Waals surface area (Å²) in [6, 6.07) is 6.08. The first kappa shape index (κ1) is 15.2. The van der Waals surface area contributed by atoms with Crippen molar-refractivity contribution in [1.82, 2.24) is 4.90 Å². The predicted molar refractivity (Wildman–Crippen MR) is 84.8 cm³/mol. The van der Waals surface area contributed by atoms with Gasteiger partial charge in [-0.15, -0.1) is 12.4 Å². The van der Waals surface area contributed by atoms with Crippen molar-refractivity contribution in [2.45, 2.75) is 32.6 Å². The van der Waals surface area contributed by atoms with Crippen molar-refractivity contribution in [3.63, 3.8) is 0 Å². The van der Waals surface area contributed by atoms with Gasteiger partial charge in [0.25, 0.3) is 5.91 Å². The molecule has 2 heterocycles. The zero-order valence-electron chi connectivity index (χ0n) is 12.0. The zero-order valence-corrected chi connectivity index (χ0v) is 12.8. The molecule has 1 aromatic rings. The highest BCUT2D eigenvalue weighted by Gasteiger charge is 2.25. The number of nitrogens with zero attached hydrogens (tertiary/aromatic N) is 1. The van der Waals surface area contributed by atoms with Gasteiger partial charge in [-0.05, 0) is 49.3 Å². The summed E-state index contributed by atoms with van der Waals surface area (Å²) in [4.78, 5) is 14.8. The van der Waals surface area contributed by atoms with Crippen molar-refractivity contribution in [3.05, 3.63) is 29.3 Å². The Balaban J connectivity index is 0.00000147. The van der Waals surface area contributed by atoms with Crippen LogP contribution in [0.1, 0.15) is 42.1 Å². The van der Waals surface area contributed by atoms with Crippen LogP contribution in [0, 0.1) is 5.92 Å². The van der Waals surface area contributed by atoms with Crippen molar-refractivity contribution in [2.75, 3.05) is 25.0 Å². The van der Waals surface area contributed by atoms with Crippen LogP contribution in [-0.2, 0) is 6.42 Å². The highest BCUT2D eigenvalue weighted by atomic mass is 35.5. The first-order valence-electron chi connectivity index (χ1n) is 7.41. The number of carbonyl (C=O) groups excluding carboxylic acids is 1. The van der Waals surface area contributed by atoms with E-state index in [2.05, 4.69) is 18.3 Å². The van der Waals surface area contributed by atoms with E-state index in [9.17, 15) is 4.79 Å². The molecule has 1 fully saturated rings. The van der Waals surface area contributed by atoms with E-state index in [4.69, 9.17) is 0 Å². The van der Waals surface area contributed by atoms with Gasteiger partial charge in [-0.25, -0.2) is 0 Å². The van der Waals surface area contributed by atoms with Crippen LogP contribution < -0.4 is 5.32 Å². The van der Waals surface area contributed by atoms with E-state index in [0.717, 1.165) is 50.1 Å². The van der Waals surface area contributed by atoms with E-state index >= 15 is 0 Å². The number of anilines is 1. The van der Waals surface area contributed by atoms with Crippen molar-refractivity contribution >= 4 is 24.0 Å². The standard InChI is InChI=1S/C16H22N2O.ClH/c1-12-5-4-10-18(11-12)16(19)14-6-2-8-15-13(14)7-3-9-17-15;/h2,6,8,12,17H,3-5,7,9-11H2,1H3;1H. The number of hydrogen-bond donors (Lipinski definition) is 1. The third kappa shape index (κ3) is 2.93. The van der Waals surface area contributed by atoms with Crippen molar-refractivity contribution in [1.29, 1.82) is 0 Å². The molecule has 110 valence electrons. The van der Waals surface area contributed by atoms with Crippen LogP contribution in [0.3, 0.4) is 0 Å². The highest BCUT2D eigenvalue weighted by molar-refractivity contribution is 5.97. The number of likely N-dealkylation sites (tertiary alicyclic amines) is 1. The average Bonchev–Trinajstić information content (AvgIpc) is 2.46. The Bertz CT molecular complexity index is 489. The molecule has 3 nitrogen and oxygen atoms in total. The Morgan fingerprint density at radius 1 is 1.35 bits per heavy atom. The van der Waals surface area contributed by atoms with E-state index in [1.54, 1.807) is 0 Å². The fourth-order valence-electron chi connectivity index (χ4n) is 3.25. The Labute approximate surface area is 127 Å². The number of carbonyl (C=O) groups is 1. The molecule has 3 rings (SSSR count). The van der Waals surface area contributed by atoms with Gasteiger partial charge in [0.05, 0.1) is 0 Å². The molecule has 1 unspecified atom stereocenters. The van der Waals surface area contributed by atoms with Crippen molar-refractivity contribution in [2.24, 2.45) is 5.92 Å². The summed E-state index contributed by atoms with van der Waals surface area (Å²) in [6.07, 6.45) is 4.53. The van der Waals surface area contributed by atoms with Gasteiger partial charge in [0.2, 0.25) is 0 Å². The maximum atomic E-state index is 12.7. The van der Waals surface area contributed by atoms with Crippen LogP contribution in [0.25, 0.3) is 0 Å². The molecule has 0 spiro atoms. The second kappa shape index (κ2) is 6.49.